The van der Waals surface area contributed by atoms with E-state index in [-0.39, 0.29) is 25.6 Å². The molecule has 0 fully saturated rings. The zero-order valence-corrected chi connectivity index (χ0v) is 35.7. The third-order valence-electron chi connectivity index (χ3n) is 10.0. The number of hydrogen-bond donors (Lipinski definition) is 3. The van der Waals surface area contributed by atoms with Gasteiger partial charge in [0.1, 0.15) is 12.2 Å². The summed E-state index contributed by atoms with van der Waals surface area (Å²) < 4.78 is 33.3. The van der Waals surface area contributed by atoms with Gasteiger partial charge in [0.15, 0.2) is 0 Å². The average Bonchev–Trinajstić information content (AvgIpc) is 3.15. The highest BCUT2D eigenvalue weighted by atomic mass is 31.2. The molecule has 0 amide bonds. The third-order valence-corrected chi connectivity index (χ3v) is 11.0. The molecule has 0 aliphatic rings. The standard InChI is InChI=1S/C43H87O9P/c1-3-5-7-9-11-13-14-15-16-17-18-19-20-21-22-23-24-25-26-27-29-31-33-35-43(46)52-42(40-51-53(47,48)50-38-41(45)37-44)39-49-36-34-32-30-28-12-10-8-6-4-2/h41-42,44-45H,3-40H2,1-2H3,(H,47,48). The molecule has 10 heteroatoms. The summed E-state index contributed by atoms with van der Waals surface area (Å²) in [5.41, 5.74) is 0. The lowest BCUT2D eigenvalue weighted by Gasteiger charge is -2.20. The van der Waals surface area contributed by atoms with E-state index in [4.69, 9.17) is 23.6 Å². The lowest BCUT2D eigenvalue weighted by Crippen LogP contribution is -2.29. The van der Waals surface area contributed by atoms with Crippen LogP contribution in [0.25, 0.3) is 0 Å². The minimum absolute atomic E-state index is 0.0570. The van der Waals surface area contributed by atoms with Gasteiger partial charge in [-0.25, -0.2) is 4.57 Å². The Kier molecular flexibility index (Phi) is 40.7. The number of esters is 1. The first-order valence-corrected chi connectivity index (χ1v) is 24.0. The van der Waals surface area contributed by atoms with E-state index in [1.54, 1.807) is 0 Å². The maximum absolute atomic E-state index is 12.6. The van der Waals surface area contributed by atoms with Crippen LogP contribution in [0.4, 0.5) is 0 Å². The van der Waals surface area contributed by atoms with Crippen molar-refractivity contribution in [3.8, 4) is 0 Å². The van der Waals surface area contributed by atoms with Gasteiger partial charge in [0, 0.05) is 13.0 Å². The number of carbonyl (C=O) groups is 1. The molecular formula is C43H87O9P. The molecule has 3 N–H and O–H groups in total. The van der Waals surface area contributed by atoms with Crippen LogP contribution in [-0.4, -0.2) is 66.3 Å². The molecule has 9 nitrogen and oxygen atoms in total. The van der Waals surface area contributed by atoms with Gasteiger partial charge in [-0.05, 0) is 12.8 Å². The summed E-state index contributed by atoms with van der Waals surface area (Å²) in [4.78, 5) is 22.5. The van der Waals surface area contributed by atoms with Crippen molar-refractivity contribution >= 4 is 13.8 Å². The lowest BCUT2D eigenvalue weighted by molar-refractivity contribution is -0.154. The van der Waals surface area contributed by atoms with Crippen molar-refractivity contribution in [3.05, 3.63) is 0 Å². The van der Waals surface area contributed by atoms with Crippen LogP contribution in [0.2, 0.25) is 0 Å². The van der Waals surface area contributed by atoms with E-state index in [9.17, 15) is 19.4 Å². The Morgan fingerprint density at radius 1 is 0.509 bits per heavy atom. The Bertz CT molecular complexity index is 800. The van der Waals surface area contributed by atoms with Crippen LogP contribution in [0.15, 0.2) is 0 Å². The average molecular weight is 779 g/mol. The molecule has 0 spiro atoms. The number of aliphatic hydroxyl groups is 2. The lowest BCUT2D eigenvalue weighted by atomic mass is 10.0. The normalized spacial score (nSPS) is 14.0. The largest absolute Gasteiger partial charge is 0.472 e. The Morgan fingerprint density at radius 2 is 0.849 bits per heavy atom. The number of carbonyl (C=O) groups excluding carboxylic acids is 1. The minimum atomic E-state index is -4.50. The SMILES string of the molecule is CCCCCCCCCCCCCCCCCCCCCCCCCC(=O)OC(COCCCCCCCCCCC)COP(=O)(O)OCC(O)CO. The summed E-state index contributed by atoms with van der Waals surface area (Å²) in [5, 5.41) is 18.3. The molecule has 0 saturated heterocycles. The fourth-order valence-corrected chi connectivity index (χ4v) is 7.38. The topological polar surface area (TPSA) is 132 Å². The number of ether oxygens (including phenoxy) is 2. The van der Waals surface area contributed by atoms with Gasteiger partial charge in [-0.15, -0.1) is 0 Å². The predicted octanol–water partition coefficient (Wildman–Crippen LogP) is 12.3. The number of phosphoric ester groups is 1. The van der Waals surface area contributed by atoms with Crippen molar-refractivity contribution in [1.29, 1.82) is 0 Å². The van der Waals surface area contributed by atoms with Gasteiger partial charge in [0.25, 0.3) is 0 Å². The smallest absolute Gasteiger partial charge is 0.457 e. The first kappa shape index (κ1) is 52.5. The Labute approximate surface area is 327 Å². The number of unbranched alkanes of at least 4 members (excludes halogenated alkanes) is 30. The quantitative estimate of drug-likeness (QED) is 0.0314. The molecule has 0 aromatic heterocycles. The van der Waals surface area contributed by atoms with Gasteiger partial charge in [-0.2, -0.15) is 0 Å². The summed E-state index contributed by atoms with van der Waals surface area (Å²) in [5.74, 6) is -0.377. The predicted molar refractivity (Wildman–Crippen MR) is 219 cm³/mol. The maximum Gasteiger partial charge on any atom is 0.472 e. The zero-order chi connectivity index (χ0) is 38.9. The van der Waals surface area contributed by atoms with E-state index in [2.05, 4.69) is 13.8 Å². The molecule has 0 heterocycles. The van der Waals surface area contributed by atoms with Crippen molar-refractivity contribution in [3.63, 3.8) is 0 Å². The number of aliphatic hydroxyl groups excluding tert-OH is 2. The third kappa shape index (κ3) is 40.9. The molecule has 0 radical (unpaired) electrons. The molecule has 3 atom stereocenters. The van der Waals surface area contributed by atoms with Crippen molar-refractivity contribution in [2.75, 3.05) is 33.0 Å². The highest BCUT2D eigenvalue weighted by Crippen LogP contribution is 2.43. The Morgan fingerprint density at radius 3 is 1.23 bits per heavy atom. The fourth-order valence-electron chi connectivity index (χ4n) is 6.59. The second kappa shape index (κ2) is 41.1. The summed E-state index contributed by atoms with van der Waals surface area (Å²) in [6.45, 7) is 3.55. The molecule has 318 valence electrons. The van der Waals surface area contributed by atoms with Gasteiger partial charge >= 0.3 is 13.8 Å². The van der Waals surface area contributed by atoms with Crippen LogP contribution in [-0.2, 0) is 27.9 Å². The van der Waals surface area contributed by atoms with E-state index in [0.717, 1.165) is 32.1 Å². The van der Waals surface area contributed by atoms with Crippen LogP contribution in [0, 0.1) is 0 Å². The van der Waals surface area contributed by atoms with Crippen molar-refractivity contribution < 1.29 is 43.0 Å². The van der Waals surface area contributed by atoms with E-state index >= 15 is 0 Å². The van der Waals surface area contributed by atoms with Gasteiger partial charge < -0.3 is 24.6 Å². The van der Waals surface area contributed by atoms with E-state index in [1.807, 2.05) is 0 Å². The Hall–Kier alpha value is -0.540. The summed E-state index contributed by atoms with van der Waals surface area (Å²) >= 11 is 0. The van der Waals surface area contributed by atoms with Gasteiger partial charge in [0.2, 0.25) is 0 Å². The van der Waals surface area contributed by atoms with Crippen molar-refractivity contribution in [1.82, 2.24) is 0 Å². The second-order valence-electron chi connectivity index (χ2n) is 15.4. The summed E-state index contributed by atoms with van der Waals surface area (Å²) in [6.07, 6.45) is 39.3. The molecule has 0 rings (SSSR count). The molecule has 0 aromatic carbocycles. The van der Waals surface area contributed by atoms with Crippen LogP contribution >= 0.6 is 7.82 Å². The fraction of sp³-hybridized carbons (Fsp3) is 0.977. The van der Waals surface area contributed by atoms with Crippen molar-refractivity contribution in [2.45, 2.75) is 238 Å². The first-order chi connectivity index (χ1) is 25.8. The maximum atomic E-state index is 12.6. The van der Waals surface area contributed by atoms with Gasteiger partial charge in [0.05, 0.1) is 26.4 Å². The minimum Gasteiger partial charge on any atom is -0.457 e. The second-order valence-corrected chi connectivity index (χ2v) is 16.9. The number of hydrogen-bond acceptors (Lipinski definition) is 8. The zero-order valence-electron chi connectivity index (χ0n) is 34.8. The number of phosphoric acid groups is 1. The molecule has 0 bridgehead atoms. The molecule has 3 unspecified atom stereocenters. The molecular weight excluding hydrogens is 691 g/mol. The van der Waals surface area contributed by atoms with Crippen LogP contribution in [0.1, 0.15) is 226 Å². The van der Waals surface area contributed by atoms with E-state index < -0.39 is 33.2 Å². The molecule has 53 heavy (non-hydrogen) atoms. The van der Waals surface area contributed by atoms with Crippen LogP contribution in [0.3, 0.4) is 0 Å². The van der Waals surface area contributed by atoms with Crippen LogP contribution < -0.4 is 0 Å². The highest BCUT2D eigenvalue weighted by molar-refractivity contribution is 7.47. The summed E-state index contributed by atoms with van der Waals surface area (Å²) in [6, 6.07) is 0. The molecule has 0 aliphatic heterocycles. The van der Waals surface area contributed by atoms with Crippen LogP contribution in [0.5, 0.6) is 0 Å². The van der Waals surface area contributed by atoms with Crippen molar-refractivity contribution in [2.24, 2.45) is 0 Å². The van der Waals surface area contributed by atoms with Gasteiger partial charge in [-0.3, -0.25) is 13.8 Å². The molecule has 0 saturated carbocycles. The molecule has 0 aromatic rings. The highest BCUT2D eigenvalue weighted by Gasteiger charge is 2.26. The van der Waals surface area contributed by atoms with E-state index in [0.29, 0.717) is 6.61 Å². The number of rotatable bonds is 44. The van der Waals surface area contributed by atoms with E-state index in [1.165, 1.54) is 173 Å². The monoisotopic (exact) mass is 779 g/mol. The summed E-state index contributed by atoms with van der Waals surface area (Å²) in [7, 11) is -4.50. The Balaban J connectivity index is 3.95. The van der Waals surface area contributed by atoms with Gasteiger partial charge in [-0.1, -0.05) is 206 Å². The molecule has 0 aliphatic carbocycles. The first-order valence-electron chi connectivity index (χ1n) is 22.5.